The molecular weight excluding hydrogens is 270 g/mol. The summed E-state index contributed by atoms with van der Waals surface area (Å²) in [5.74, 6) is -0.126. The van der Waals surface area contributed by atoms with E-state index in [4.69, 9.17) is 9.47 Å². The molecule has 0 aromatic heterocycles. The monoisotopic (exact) mass is 297 g/mol. The predicted molar refractivity (Wildman–Crippen MR) is 80.8 cm³/mol. The normalized spacial score (nSPS) is 24.9. The zero-order valence-electron chi connectivity index (χ0n) is 13.6. The van der Waals surface area contributed by atoms with E-state index in [1.54, 1.807) is 0 Å². The molecule has 1 N–H and O–H groups in total. The van der Waals surface area contributed by atoms with Gasteiger partial charge in [0.2, 0.25) is 0 Å². The smallest absolute Gasteiger partial charge is 0.408 e. The maximum Gasteiger partial charge on any atom is 0.408 e. The summed E-state index contributed by atoms with van der Waals surface area (Å²) >= 11 is 0. The van der Waals surface area contributed by atoms with Gasteiger partial charge >= 0.3 is 12.1 Å². The quantitative estimate of drug-likeness (QED) is 0.626. The van der Waals surface area contributed by atoms with Crippen LogP contribution in [0.25, 0.3) is 0 Å². The van der Waals surface area contributed by atoms with Gasteiger partial charge in [-0.3, -0.25) is 4.79 Å². The van der Waals surface area contributed by atoms with E-state index in [0.717, 1.165) is 0 Å². The third-order valence-electron chi connectivity index (χ3n) is 3.43. The number of nitrogens with one attached hydrogen (secondary N) is 1. The molecule has 0 saturated carbocycles. The van der Waals surface area contributed by atoms with Crippen molar-refractivity contribution in [2.24, 2.45) is 11.8 Å². The molecule has 5 nitrogen and oxygen atoms in total. The molecular formula is C16H27NO4. The van der Waals surface area contributed by atoms with E-state index >= 15 is 0 Å². The van der Waals surface area contributed by atoms with Crippen LogP contribution in [0.3, 0.4) is 0 Å². The van der Waals surface area contributed by atoms with E-state index in [0.29, 0.717) is 12.8 Å². The maximum atomic E-state index is 12.0. The van der Waals surface area contributed by atoms with Crippen molar-refractivity contribution in [3.05, 3.63) is 12.7 Å². The topological polar surface area (TPSA) is 64.6 Å². The Labute approximate surface area is 127 Å². The highest BCUT2D eigenvalue weighted by Crippen LogP contribution is 2.26. The van der Waals surface area contributed by atoms with Crippen molar-refractivity contribution in [1.82, 2.24) is 5.32 Å². The molecule has 0 bridgehead atoms. The van der Waals surface area contributed by atoms with Crippen molar-refractivity contribution < 1.29 is 19.1 Å². The maximum absolute atomic E-state index is 12.0. The highest BCUT2D eigenvalue weighted by Gasteiger charge is 2.37. The first-order valence-electron chi connectivity index (χ1n) is 7.45. The number of amides is 1. The van der Waals surface area contributed by atoms with Crippen LogP contribution in [0.4, 0.5) is 4.79 Å². The summed E-state index contributed by atoms with van der Waals surface area (Å²) in [6, 6.07) is -0.262. The van der Waals surface area contributed by atoms with E-state index in [9.17, 15) is 9.59 Å². The largest absolute Gasteiger partial charge is 0.460 e. The number of allylic oxidation sites excluding steroid dienone is 1. The molecule has 21 heavy (non-hydrogen) atoms. The number of carbonyl (C=O) groups excluding carboxylic acids is 2. The van der Waals surface area contributed by atoms with Crippen LogP contribution in [-0.4, -0.2) is 29.8 Å². The molecule has 1 rings (SSSR count). The van der Waals surface area contributed by atoms with Gasteiger partial charge in [-0.1, -0.05) is 19.9 Å². The standard InChI is InChI=1S/C16H27NO4/c1-7-10(2)8-12(13-9-11(3)14(18)20-13)17-15(19)21-16(4,5)6/h7,10-13H,1,8-9H2,2-6H3,(H,17,19)/t10?,11?,12-,13?/m0/s1. The molecule has 0 spiro atoms. The van der Waals surface area contributed by atoms with E-state index < -0.39 is 11.7 Å². The van der Waals surface area contributed by atoms with Gasteiger partial charge in [-0.2, -0.15) is 0 Å². The number of hydrogen-bond acceptors (Lipinski definition) is 4. The lowest BCUT2D eigenvalue weighted by Gasteiger charge is -2.27. The Balaban J connectivity index is 2.71. The SMILES string of the molecule is C=CC(C)C[C@H](NC(=O)OC(C)(C)C)C1CC(C)C(=O)O1. The Morgan fingerprint density at radius 2 is 2.19 bits per heavy atom. The highest BCUT2D eigenvalue weighted by molar-refractivity contribution is 5.74. The van der Waals surface area contributed by atoms with Crippen molar-refractivity contribution in [3.8, 4) is 0 Å². The molecule has 0 aromatic rings. The molecule has 1 saturated heterocycles. The molecule has 1 heterocycles. The third kappa shape index (κ3) is 5.78. The molecule has 1 aliphatic rings. The van der Waals surface area contributed by atoms with Crippen LogP contribution in [0.5, 0.6) is 0 Å². The Bertz CT molecular complexity index is 400. The Kier molecular flexibility index (Phi) is 5.81. The van der Waals surface area contributed by atoms with Gasteiger partial charge in [0.15, 0.2) is 0 Å². The first-order valence-corrected chi connectivity index (χ1v) is 7.45. The van der Waals surface area contributed by atoms with Gasteiger partial charge in [0.1, 0.15) is 11.7 Å². The molecule has 1 fully saturated rings. The van der Waals surface area contributed by atoms with E-state index in [1.165, 1.54) is 0 Å². The molecule has 5 heteroatoms. The van der Waals surface area contributed by atoms with Crippen molar-refractivity contribution >= 4 is 12.1 Å². The average Bonchev–Trinajstić information content (AvgIpc) is 2.66. The third-order valence-corrected chi connectivity index (χ3v) is 3.43. The van der Waals surface area contributed by atoms with Crippen LogP contribution in [0.2, 0.25) is 0 Å². The summed E-state index contributed by atoms with van der Waals surface area (Å²) in [6.07, 6.45) is 2.31. The first kappa shape index (κ1) is 17.5. The van der Waals surface area contributed by atoms with Gasteiger partial charge in [-0.25, -0.2) is 4.79 Å². The minimum Gasteiger partial charge on any atom is -0.460 e. The fourth-order valence-corrected chi connectivity index (χ4v) is 2.26. The zero-order chi connectivity index (χ0) is 16.2. The van der Waals surface area contributed by atoms with Crippen LogP contribution < -0.4 is 5.32 Å². The van der Waals surface area contributed by atoms with E-state index in [1.807, 2.05) is 40.7 Å². The number of hydrogen-bond donors (Lipinski definition) is 1. The first-order chi connectivity index (χ1) is 9.62. The zero-order valence-corrected chi connectivity index (χ0v) is 13.6. The number of alkyl carbamates (subject to hydrolysis) is 1. The summed E-state index contributed by atoms with van der Waals surface area (Å²) in [4.78, 5) is 23.5. The number of cyclic esters (lactones) is 1. The Morgan fingerprint density at radius 1 is 1.57 bits per heavy atom. The summed E-state index contributed by atoms with van der Waals surface area (Å²) in [5, 5.41) is 2.84. The lowest BCUT2D eigenvalue weighted by Crippen LogP contribution is -2.46. The van der Waals surface area contributed by atoms with Crippen molar-refractivity contribution in [2.45, 2.75) is 65.2 Å². The molecule has 0 radical (unpaired) electrons. The van der Waals surface area contributed by atoms with Gasteiger partial charge in [0, 0.05) is 0 Å². The lowest BCUT2D eigenvalue weighted by atomic mass is 9.94. The minimum atomic E-state index is -0.557. The molecule has 0 aliphatic carbocycles. The lowest BCUT2D eigenvalue weighted by molar-refractivity contribution is -0.145. The van der Waals surface area contributed by atoms with E-state index in [-0.39, 0.29) is 30.0 Å². The highest BCUT2D eigenvalue weighted by atomic mass is 16.6. The van der Waals surface area contributed by atoms with Crippen molar-refractivity contribution in [3.63, 3.8) is 0 Å². The molecule has 1 aliphatic heterocycles. The summed E-state index contributed by atoms with van der Waals surface area (Å²) in [5.41, 5.74) is -0.557. The summed E-state index contributed by atoms with van der Waals surface area (Å²) in [7, 11) is 0. The van der Waals surface area contributed by atoms with Crippen molar-refractivity contribution in [1.29, 1.82) is 0 Å². The molecule has 4 atom stereocenters. The number of rotatable bonds is 5. The van der Waals surface area contributed by atoms with Crippen LogP contribution in [-0.2, 0) is 14.3 Å². The molecule has 120 valence electrons. The number of carbonyl (C=O) groups is 2. The fourth-order valence-electron chi connectivity index (χ4n) is 2.26. The van der Waals surface area contributed by atoms with Crippen LogP contribution in [0.1, 0.15) is 47.5 Å². The van der Waals surface area contributed by atoms with Crippen LogP contribution >= 0.6 is 0 Å². The number of esters is 1. The summed E-state index contributed by atoms with van der Waals surface area (Å²) in [6.45, 7) is 13.0. The van der Waals surface area contributed by atoms with Gasteiger partial charge in [-0.05, 0) is 39.5 Å². The van der Waals surface area contributed by atoms with Crippen LogP contribution in [0.15, 0.2) is 12.7 Å². The average molecular weight is 297 g/mol. The van der Waals surface area contributed by atoms with Crippen LogP contribution in [0, 0.1) is 11.8 Å². The molecule has 0 aromatic carbocycles. The fraction of sp³-hybridized carbons (Fsp3) is 0.750. The van der Waals surface area contributed by atoms with Gasteiger partial charge < -0.3 is 14.8 Å². The van der Waals surface area contributed by atoms with Gasteiger partial charge in [0.25, 0.3) is 0 Å². The van der Waals surface area contributed by atoms with Gasteiger partial charge in [0.05, 0.1) is 12.0 Å². The molecule has 1 amide bonds. The van der Waals surface area contributed by atoms with Crippen molar-refractivity contribution in [2.75, 3.05) is 0 Å². The minimum absolute atomic E-state index is 0.128. The van der Waals surface area contributed by atoms with E-state index in [2.05, 4.69) is 11.9 Å². The van der Waals surface area contributed by atoms with Gasteiger partial charge in [-0.15, -0.1) is 6.58 Å². The number of ether oxygens (including phenoxy) is 2. The summed E-state index contributed by atoms with van der Waals surface area (Å²) < 4.78 is 10.6. The Morgan fingerprint density at radius 3 is 2.62 bits per heavy atom. The predicted octanol–water partition coefficient (Wildman–Crippen LogP) is 3.04. The molecule has 3 unspecified atom stereocenters. The second kappa shape index (κ2) is 6.96. The second-order valence-electron chi connectivity index (χ2n) is 6.81. The second-order valence-corrected chi connectivity index (χ2v) is 6.81. The Hall–Kier alpha value is -1.52.